The molecule has 1 fully saturated rings. The monoisotopic (exact) mass is 386 g/mol. The fraction of sp³-hybridized carbons (Fsp3) is 0.304. The van der Waals surface area contributed by atoms with Gasteiger partial charge in [0.2, 0.25) is 0 Å². The lowest BCUT2D eigenvalue weighted by Crippen LogP contribution is -2.46. The molecule has 2 aliphatic rings. The number of para-hydroxylation sites is 1. The van der Waals surface area contributed by atoms with E-state index in [1.807, 2.05) is 28.8 Å². The van der Waals surface area contributed by atoms with Gasteiger partial charge in [-0.2, -0.15) is 0 Å². The van der Waals surface area contributed by atoms with Crippen molar-refractivity contribution in [1.82, 2.24) is 19.4 Å². The van der Waals surface area contributed by atoms with Crippen LogP contribution in [0, 0.1) is 5.92 Å². The normalized spacial score (nSPS) is 21.4. The molecular weight excluding hydrogens is 364 g/mol. The summed E-state index contributed by atoms with van der Waals surface area (Å²) in [7, 11) is 0. The first-order valence-electron chi connectivity index (χ1n) is 10.2. The van der Waals surface area contributed by atoms with Crippen LogP contribution in [0.4, 0.5) is 0 Å². The number of hydrogen-bond acceptors (Lipinski definition) is 4. The molecule has 0 saturated carbocycles. The zero-order valence-electron chi connectivity index (χ0n) is 16.0. The predicted molar refractivity (Wildman–Crippen MR) is 111 cm³/mol. The summed E-state index contributed by atoms with van der Waals surface area (Å²) in [6, 6.07) is 14.3. The van der Waals surface area contributed by atoms with E-state index in [0.29, 0.717) is 23.2 Å². The van der Waals surface area contributed by atoms with Crippen LogP contribution in [0.15, 0.2) is 64.1 Å². The average Bonchev–Trinajstić information content (AvgIpc) is 3.38. The number of imidazole rings is 1. The molecule has 1 saturated heterocycles. The summed E-state index contributed by atoms with van der Waals surface area (Å²) < 4.78 is 8.01. The van der Waals surface area contributed by atoms with Crippen molar-refractivity contribution in [2.75, 3.05) is 13.1 Å². The number of likely N-dealkylation sites (tertiary alicyclic amines) is 1. The zero-order valence-corrected chi connectivity index (χ0v) is 16.0. The second-order valence-corrected chi connectivity index (χ2v) is 8.27. The number of pyridine rings is 1. The van der Waals surface area contributed by atoms with Crippen LogP contribution < -0.4 is 5.56 Å². The highest BCUT2D eigenvalue weighted by molar-refractivity contribution is 5.77. The number of hydrogen-bond donors (Lipinski definition) is 1. The topological polar surface area (TPSA) is 67.1 Å². The summed E-state index contributed by atoms with van der Waals surface area (Å²) in [4.78, 5) is 22.9. The molecule has 0 aliphatic carbocycles. The first-order chi connectivity index (χ1) is 14.2. The molecule has 3 aromatic heterocycles. The van der Waals surface area contributed by atoms with E-state index >= 15 is 0 Å². The van der Waals surface area contributed by atoms with Crippen molar-refractivity contribution in [2.45, 2.75) is 25.4 Å². The van der Waals surface area contributed by atoms with Crippen molar-refractivity contribution in [3.8, 4) is 11.4 Å². The lowest BCUT2D eigenvalue weighted by Gasteiger charge is -2.42. The van der Waals surface area contributed by atoms with E-state index in [1.54, 1.807) is 12.4 Å². The van der Waals surface area contributed by atoms with Crippen LogP contribution in [0.3, 0.4) is 0 Å². The van der Waals surface area contributed by atoms with Gasteiger partial charge in [-0.25, -0.2) is 4.98 Å². The predicted octanol–water partition coefficient (Wildman–Crippen LogP) is 3.60. The maximum absolute atomic E-state index is 13.1. The fourth-order valence-corrected chi connectivity index (χ4v) is 5.10. The Morgan fingerprint density at radius 2 is 2.07 bits per heavy atom. The summed E-state index contributed by atoms with van der Waals surface area (Å²) in [5.74, 6) is 2.52. The Hall–Kier alpha value is -3.12. The van der Waals surface area contributed by atoms with Gasteiger partial charge in [-0.05, 0) is 36.6 Å². The van der Waals surface area contributed by atoms with Gasteiger partial charge >= 0.3 is 0 Å². The van der Waals surface area contributed by atoms with Gasteiger partial charge < -0.3 is 14.0 Å². The van der Waals surface area contributed by atoms with Crippen molar-refractivity contribution >= 4 is 11.0 Å². The van der Waals surface area contributed by atoms with E-state index in [9.17, 15) is 4.79 Å². The average molecular weight is 386 g/mol. The van der Waals surface area contributed by atoms with Crippen LogP contribution in [-0.2, 0) is 13.1 Å². The minimum atomic E-state index is 0.0675. The van der Waals surface area contributed by atoms with Gasteiger partial charge in [-0.3, -0.25) is 9.69 Å². The fourth-order valence-electron chi connectivity index (χ4n) is 5.10. The summed E-state index contributed by atoms with van der Waals surface area (Å²) in [5.41, 5.74) is 2.81. The van der Waals surface area contributed by atoms with Gasteiger partial charge in [0.15, 0.2) is 0 Å². The molecule has 2 aliphatic heterocycles. The Kier molecular flexibility index (Phi) is 3.74. The first kappa shape index (κ1) is 16.8. The standard InChI is InChI=1S/C23H22N4O2/c28-23-19(22-24-7-8-25-22)5-6-20-17-9-15(12-27(20)23)11-26(13-17)14-18-10-16-3-1-2-4-21(16)29-18/h1-8,10,15,17H,9,11-14H2,(H,24,25)/t15-,17+/m0/s1. The van der Waals surface area contributed by atoms with Crippen molar-refractivity contribution in [3.05, 3.63) is 76.7 Å². The van der Waals surface area contributed by atoms with E-state index in [0.717, 1.165) is 55.0 Å². The molecule has 6 heteroatoms. The number of piperidine rings is 1. The highest BCUT2D eigenvalue weighted by Gasteiger charge is 2.35. The summed E-state index contributed by atoms with van der Waals surface area (Å²) in [6.07, 6.45) is 4.59. The highest BCUT2D eigenvalue weighted by atomic mass is 16.3. The summed E-state index contributed by atoms with van der Waals surface area (Å²) in [5, 5.41) is 1.15. The lowest BCUT2D eigenvalue weighted by molar-refractivity contribution is 0.108. The molecule has 0 spiro atoms. The molecule has 5 heterocycles. The molecule has 29 heavy (non-hydrogen) atoms. The Morgan fingerprint density at radius 1 is 1.14 bits per heavy atom. The molecule has 1 N–H and O–H groups in total. The Labute approximate surface area is 167 Å². The Balaban J connectivity index is 1.28. The van der Waals surface area contributed by atoms with E-state index in [1.165, 1.54) is 0 Å². The number of aromatic amines is 1. The quantitative estimate of drug-likeness (QED) is 0.584. The molecule has 4 aromatic rings. The van der Waals surface area contributed by atoms with Crippen LogP contribution in [0.1, 0.15) is 23.8 Å². The second-order valence-electron chi connectivity index (χ2n) is 8.27. The second kappa shape index (κ2) is 6.46. The van der Waals surface area contributed by atoms with Crippen molar-refractivity contribution in [2.24, 2.45) is 5.92 Å². The third-order valence-electron chi connectivity index (χ3n) is 6.29. The first-order valence-corrected chi connectivity index (χ1v) is 10.2. The number of rotatable bonds is 3. The lowest BCUT2D eigenvalue weighted by atomic mass is 9.83. The van der Waals surface area contributed by atoms with Gasteiger partial charge in [0.05, 0.1) is 12.1 Å². The number of nitrogens with zero attached hydrogens (tertiary/aromatic N) is 3. The number of furan rings is 1. The smallest absolute Gasteiger partial charge is 0.261 e. The number of aromatic nitrogens is 3. The van der Waals surface area contributed by atoms with Crippen LogP contribution in [0.5, 0.6) is 0 Å². The van der Waals surface area contributed by atoms with Gasteiger partial charge in [0, 0.05) is 49.0 Å². The van der Waals surface area contributed by atoms with Crippen molar-refractivity contribution in [1.29, 1.82) is 0 Å². The van der Waals surface area contributed by atoms with E-state index in [4.69, 9.17) is 4.42 Å². The zero-order chi connectivity index (χ0) is 19.4. The van der Waals surface area contributed by atoms with E-state index in [2.05, 4.69) is 33.1 Å². The molecular formula is C23H22N4O2. The minimum Gasteiger partial charge on any atom is -0.460 e. The van der Waals surface area contributed by atoms with Crippen LogP contribution in [0.2, 0.25) is 0 Å². The Morgan fingerprint density at radius 3 is 2.93 bits per heavy atom. The Bertz CT molecular complexity index is 1200. The van der Waals surface area contributed by atoms with E-state index < -0.39 is 0 Å². The van der Waals surface area contributed by atoms with Crippen LogP contribution in [-0.4, -0.2) is 32.5 Å². The SMILES string of the molecule is O=c1c(-c2ncc[nH]2)ccc2n1C[C@H]1C[C@@H]2CN(Cc2cc3ccccc3o2)C1. The maximum atomic E-state index is 13.1. The van der Waals surface area contributed by atoms with E-state index in [-0.39, 0.29) is 5.56 Å². The van der Waals surface area contributed by atoms with Gasteiger partial charge in [-0.15, -0.1) is 0 Å². The molecule has 1 aromatic carbocycles. The van der Waals surface area contributed by atoms with Crippen molar-refractivity contribution in [3.63, 3.8) is 0 Å². The molecule has 6 nitrogen and oxygen atoms in total. The third-order valence-corrected chi connectivity index (χ3v) is 6.29. The summed E-state index contributed by atoms with van der Waals surface area (Å²) in [6.45, 7) is 3.53. The van der Waals surface area contributed by atoms with Gasteiger partial charge in [-0.1, -0.05) is 18.2 Å². The summed E-state index contributed by atoms with van der Waals surface area (Å²) >= 11 is 0. The highest BCUT2D eigenvalue weighted by Crippen LogP contribution is 2.36. The molecule has 2 bridgehead atoms. The molecule has 146 valence electrons. The van der Waals surface area contributed by atoms with Crippen LogP contribution >= 0.6 is 0 Å². The molecule has 0 unspecified atom stereocenters. The third kappa shape index (κ3) is 2.83. The maximum Gasteiger partial charge on any atom is 0.261 e. The molecule has 2 atom stereocenters. The minimum absolute atomic E-state index is 0.0675. The number of benzene rings is 1. The van der Waals surface area contributed by atoms with Gasteiger partial charge in [0.25, 0.3) is 5.56 Å². The molecule has 6 rings (SSSR count). The van der Waals surface area contributed by atoms with Crippen molar-refractivity contribution < 1.29 is 4.42 Å². The number of fused-ring (bicyclic) bond motifs is 5. The number of nitrogens with one attached hydrogen (secondary N) is 1. The number of H-pyrrole nitrogens is 1. The molecule has 0 radical (unpaired) electrons. The van der Waals surface area contributed by atoms with Gasteiger partial charge in [0.1, 0.15) is 17.2 Å². The largest absolute Gasteiger partial charge is 0.460 e. The van der Waals surface area contributed by atoms with Crippen LogP contribution in [0.25, 0.3) is 22.4 Å². The molecule has 0 amide bonds.